The monoisotopic (exact) mass is 363 g/mol. The Bertz CT molecular complexity index is 745. The Hall–Kier alpha value is -1.86. The minimum atomic E-state index is -2.67. The third kappa shape index (κ3) is 3.78. The Morgan fingerprint density at radius 1 is 1.15 bits per heavy atom. The van der Waals surface area contributed by atoms with Crippen LogP contribution in [-0.2, 0) is 9.47 Å². The summed E-state index contributed by atoms with van der Waals surface area (Å²) in [7, 11) is 0. The van der Waals surface area contributed by atoms with E-state index >= 15 is 0 Å². The topological polar surface area (TPSA) is 47.5 Å². The molecule has 26 heavy (non-hydrogen) atoms. The Morgan fingerprint density at radius 2 is 1.96 bits per heavy atom. The zero-order valence-corrected chi connectivity index (χ0v) is 14.6. The summed E-state index contributed by atoms with van der Waals surface area (Å²) in [6.07, 6.45) is 0.357. The number of benzene rings is 1. The molecule has 3 heterocycles. The molecule has 2 fully saturated rings. The lowest BCUT2D eigenvalue weighted by Gasteiger charge is -2.33. The SMILES string of the molecule is FC(F)c1nc(N2CCC(OCC3CCOC3)CC2)c2ccccc2n1. The van der Waals surface area contributed by atoms with Crippen molar-refractivity contribution < 1.29 is 18.3 Å². The molecule has 0 amide bonds. The molecule has 2 aliphatic heterocycles. The zero-order valence-electron chi connectivity index (χ0n) is 14.6. The lowest BCUT2D eigenvalue weighted by atomic mass is 10.1. The van der Waals surface area contributed by atoms with E-state index in [1.54, 1.807) is 12.1 Å². The van der Waals surface area contributed by atoms with Crippen LogP contribution in [0.4, 0.5) is 14.6 Å². The number of aromatic nitrogens is 2. The molecule has 0 N–H and O–H groups in total. The van der Waals surface area contributed by atoms with Gasteiger partial charge in [-0.25, -0.2) is 18.7 Å². The molecule has 7 heteroatoms. The highest BCUT2D eigenvalue weighted by atomic mass is 19.3. The van der Waals surface area contributed by atoms with Gasteiger partial charge in [-0.05, 0) is 31.4 Å². The first-order valence-corrected chi connectivity index (χ1v) is 9.20. The highest BCUT2D eigenvalue weighted by molar-refractivity contribution is 5.89. The second-order valence-corrected chi connectivity index (χ2v) is 6.97. The minimum absolute atomic E-state index is 0.217. The highest BCUT2D eigenvalue weighted by Gasteiger charge is 2.25. The van der Waals surface area contributed by atoms with Crippen LogP contribution in [0.5, 0.6) is 0 Å². The normalized spacial score (nSPS) is 21.8. The van der Waals surface area contributed by atoms with Crippen LogP contribution in [0.15, 0.2) is 24.3 Å². The number of nitrogens with zero attached hydrogens (tertiary/aromatic N) is 3. The van der Waals surface area contributed by atoms with E-state index in [-0.39, 0.29) is 6.10 Å². The van der Waals surface area contributed by atoms with E-state index in [1.165, 1.54) is 0 Å². The smallest absolute Gasteiger partial charge is 0.297 e. The summed E-state index contributed by atoms with van der Waals surface area (Å²) in [5, 5.41) is 0.819. The third-order valence-corrected chi connectivity index (χ3v) is 5.13. The van der Waals surface area contributed by atoms with Crippen LogP contribution in [0, 0.1) is 5.92 Å². The molecule has 5 nitrogen and oxygen atoms in total. The van der Waals surface area contributed by atoms with Crippen molar-refractivity contribution in [2.24, 2.45) is 5.92 Å². The summed E-state index contributed by atoms with van der Waals surface area (Å²) in [5.74, 6) is 0.708. The van der Waals surface area contributed by atoms with Gasteiger partial charge in [-0.1, -0.05) is 12.1 Å². The van der Waals surface area contributed by atoms with Crippen LogP contribution in [0.25, 0.3) is 10.9 Å². The van der Waals surface area contributed by atoms with Crippen LogP contribution in [0.3, 0.4) is 0 Å². The van der Waals surface area contributed by atoms with Crippen molar-refractivity contribution in [3.63, 3.8) is 0 Å². The molecule has 2 saturated heterocycles. The van der Waals surface area contributed by atoms with Crippen LogP contribution in [0.2, 0.25) is 0 Å². The molecular formula is C19H23F2N3O2. The number of anilines is 1. The van der Waals surface area contributed by atoms with E-state index in [0.29, 0.717) is 17.3 Å². The lowest BCUT2D eigenvalue weighted by Crippen LogP contribution is -2.38. The lowest BCUT2D eigenvalue weighted by molar-refractivity contribution is 0.0131. The largest absolute Gasteiger partial charge is 0.381 e. The van der Waals surface area contributed by atoms with Gasteiger partial charge in [0.1, 0.15) is 5.82 Å². The number of piperidine rings is 1. The van der Waals surface area contributed by atoms with Crippen molar-refractivity contribution in [1.29, 1.82) is 0 Å². The average Bonchev–Trinajstić information content (AvgIpc) is 3.19. The molecule has 0 aliphatic carbocycles. The van der Waals surface area contributed by atoms with Crippen molar-refractivity contribution in [3.8, 4) is 0 Å². The van der Waals surface area contributed by atoms with Crippen molar-refractivity contribution in [3.05, 3.63) is 30.1 Å². The van der Waals surface area contributed by atoms with Crippen molar-refractivity contribution in [2.45, 2.75) is 31.8 Å². The number of fused-ring (bicyclic) bond motifs is 1. The van der Waals surface area contributed by atoms with E-state index in [0.717, 1.165) is 57.6 Å². The first kappa shape index (κ1) is 17.5. The maximum atomic E-state index is 13.2. The molecule has 4 rings (SSSR count). The molecule has 0 radical (unpaired) electrons. The average molecular weight is 363 g/mol. The van der Waals surface area contributed by atoms with E-state index in [9.17, 15) is 8.78 Å². The summed E-state index contributed by atoms with van der Waals surface area (Å²) in [4.78, 5) is 10.2. The number of alkyl halides is 2. The molecule has 1 unspecified atom stereocenters. The minimum Gasteiger partial charge on any atom is -0.381 e. The predicted octanol–water partition coefficient (Wildman–Crippen LogP) is 3.59. The maximum Gasteiger partial charge on any atom is 0.297 e. The van der Waals surface area contributed by atoms with E-state index in [4.69, 9.17) is 9.47 Å². The number of rotatable bonds is 5. The second-order valence-electron chi connectivity index (χ2n) is 6.97. The van der Waals surface area contributed by atoms with Gasteiger partial charge in [-0.2, -0.15) is 0 Å². The molecule has 1 aromatic carbocycles. The fourth-order valence-corrected chi connectivity index (χ4v) is 3.64. The van der Waals surface area contributed by atoms with E-state index < -0.39 is 12.2 Å². The van der Waals surface area contributed by atoms with E-state index in [2.05, 4.69) is 14.9 Å². The number of para-hydroxylation sites is 1. The predicted molar refractivity (Wildman–Crippen MR) is 94.6 cm³/mol. The number of hydrogen-bond acceptors (Lipinski definition) is 5. The van der Waals surface area contributed by atoms with Gasteiger partial charge in [0.25, 0.3) is 6.43 Å². The van der Waals surface area contributed by atoms with Gasteiger partial charge in [0, 0.05) is 31.0 Å². The molecule has 0 saturated carbocycles. The van der Waals surface area contributed by atoms with Gasteiger partial charge < -0.3 is 14.4 Å². The maximum absolute atomic E-state index is 13.2. The first-order valence-electron chi connectivity index (χ1n) is 9.20. The van der Waals surface area contributed by atoms with Gasteiger partial charge in [-0.3, -0.25) is 0 Å². The molecular weight excluding hydrogens is 340 g/mol. The van der Waals surface area contributed by atoms with Crippen molar-refractivity contribution in [1.82, 2.24) is 9.97 Å². The zero-order chi connectivity index (χ0) is 17.9. The standard InChI is InChI=1S/C19H23F2N3O2/c20-17(21)18-22-16-4-2-1-3-15(16)19(23-18)24-8-5-14(6-9-24)26-12-13-7-10-25-11-13/h1-4,13-14,17H,5-12H2. The molecule has 2 aliphatic rings. The number of ether oxygens (including phenoxy) is 2. The second kappa shape index (κ2) is 7.80. The summed E-state index contributed by atoms with van der Waals surface area (Å²) in [5.41, 5.74) is 0.562. The van der Waals surface area contributed by atoms with Gasteiger partial charge in [0.15, 0.2) is 5.82 Å². The molecule has 0 spiro atoms. The fraction of sp³-hybridized carbons (Fsp3) is 0.579. The Kier molecular flexibility index (Phi) is 5.26. The van der Waals surface area contributed by atoms with Crippen LogP contribution < -0.4 is 4.90 Å². The fourth-order valence-electron chi connectivity index (χ4n) is 3.64. The van der Waals surface area contributed by atoms with Gasteiger partial charge >= 0.3 is 0 Å². The van der Waals surface area contributed by atoms with Gasteiger partial charge in [-0.15, -0.1) is 0 Å². The molecule has 140 valence electrons. The highest BCUT2D eigenvalue weighted by Crippen LogP contribution is 2.29. The molecule has 0 bridgehead atoms. The third-order valence-electron chi connectivity index (χ3n) is 5.13. The quantitative estimate of drug-likeness (QED) is 0.812. The molecule has 2 aromatic rings. The summed E-state index contributed by atoms with van der Waals surface area (Å²) < 4.78 is 37.8. The first-order chi connectivity index (χ1) is 12.7. The Labute approximate surface area is 151 Å². The van der Waals surface area contributed by atoms with Crippen LogP contribution in [-0.4, -0.2) is 49.0 Å². The van der Waals surface area contributed by atoms with Gasteiger partial charge in [0.2, 0.25) is 0 Å². The molecule has 1 aromatic heterocycles. The van der Waals surface area contributed by atoms with Crippen LogP contribution in [0.1, 0.15) is 31.5 Å². The Balaban J connectivity index is 1.45. The summed E-state index contributed by atoms with van der Waals surface area (Å²) >= 11 is 0. The number of hydrogen-bond donors (Lipinski definition) is 0. The molecule has 1 atom stereocenters. The van der Waals surface area contributed by atoms with Crippen molar-refractivity contribution >= 4 is 16.7 Å². The van der Waals surface area contributed by atoms with Gasteiger partial charge in [0.05, 0.1) is 24.8 Å². The summed E-state index contributed by atoms with van der Waals surface area (Å²) in [6.45, 7) is 3.86. The summed E-state index contributed by atoms with van der Waals surface area (Å²) in [6, 6.07) is 7.34. The van der Waals surface area contributed by atoms with E-state index in [1.807, 2.05) is 12.1 Å². The Morgan fingerprint density at radius 3 is 2.69 bits per heavy atom. The van der Waals surface area contributed by atoms with Crippen LogP contribution >= 0.6 is 0 Å². The van der Waals surface area contributed by atoms with Crippen molar-refractivity contribution in [2.75, 3.05) is 37.8 Å². The number of halogens is 2.